The van der Waals surface area contributed by atoms with E-state index in [1.807, 2.05) is 18.2 Å². The molecule has 2 aromatic carbocycles. The molecule has 27 heavy (non-hydrogen) atoms. The average molecular weight is 431 g/mol. The molecule has 1 amide bonds. The lowest BCUT2D eigenvalue weighted by atomic mass is 10.0. The van der Waals surface area contributed by atoms with Crippen LogP contribution in [0.15, 0.2) is 46.9 Å². The molecule has 0 aliphatic carbocycles. The summed E-state index contributed by atoms with van der Waals surface area (Å²) < 4.78 is 21.2. The van der Waals surface area contributed by atoms with Gasteiger partial charge in [0.2, 0.25) is 0 Å². The highest BCUT2D eigenvalue weighted by Crippen LogP contribution is 2.34. The number of rotatable bonds is 3. The molecular formula is C19H16BrFN4O2. The molecule has 1 aliphatic rings. The highest BCUT2D eigenvalue weighted by molar-refractivity contribution is 9.10. The van der Waals surface area contributed by atoms with E-state index in [0.29, 0.717) is 24.4 Å². The standard InChI is InChI=1S/C19H16BrFN4O2/c1-11-18(23-24-25(11)14-5-3-13(21)4-6-14)19(26)22-16-8-9-27-17-7-2-12(20)10-15(16)17/h2-7,10,16H,8-9H2,1H3,(H,22,26). The van der Waals surface area contributed by atoms with Gasteiger partial charge in [0, 0.05) is 16.5 Å². The van der Waals surface area contributed by atoms with Gasteiger partial charge in [0.05, 0.1) is 24.0 Å². The van der Waals surface area contributed by atoms with Gasteiger partial charge in [-0.2, -0.15) is 0 Å². The van der Waals surface area contributed by atoms with E-state index in [-0.39, 0.29) is 23.5 Å². The average Bonchev–Trinajstić information content (AvgIpc) is 3.04. The smallest absolute Gasteiger partial charge is 0.274 e. The Bertz CT molecular complexity index is 1000. The van der Waals surface area contributed by atoms with Gasteiger partial charge >= 0.3 is 0 Å². The van der Waals surface area contributed by atoms with Gasteiger partial charge < -0.3 is 10.1 Å². The zero-order chi connectivity index (χ0) is 19.0. The Kier molecular flexibility index (Phi) is 4.65. The second-order valence-corrected chi connectivity index (χ2v) is 7.17. The predicted octanol–water partition coefficient (Wildman–Crippen LogP) is 3.73. The number of nitrogens with zero attached hydrogens (tertiary/aromatic N) is 3. The predicted molar refractivity (Wildman–Crippen MR) is 101 cm³/mol. The fourth-order valence-electron chi connectivity index (χ4n) is 3.11. The summed E-state index contributed by atoms with van der Waals surface area (Å²) in [4.78, 5) is 12.8. The summed E-state index contributed by atoms with van der Waals surface area (Å²) in [6, 6.07) is 11.4. The number of hydrogen-bond acceptors (Lipinski definition) is 4. The molecular weight excluding hydrogens is 415 g/mol. The zero-order valence-electron chi connectivity index (χ0n) is 14.4. The van der Waals surface area contributed by atoms with E-state index >= 15 is 0 Å². The third-order valence-electron chi connectivity index (χ3n) is 4.50. The molecule has 6 nitrogen and oxygen atoms in total. The number of amides is 1. The summed E-state index contributed by atoms with van der Waals surface area (Å²) in [7, 11) is 0. The normalized spacial score (nSPS) is 15.7. The van der Waals surface area contributed by atoms with E-state index in [1.165, 1.54) is 16.8 Å². The number of carbonyl (C=O) groups is 1. The third-order valence-corrected chi connectivity index (χ3v) is 4.99. The van der Waals surface area contributed by atoms with E-state index in [4.69, 9.17) is 4.74 Å². The summed E-state index contributed by atoms with van der Waals surface area (Å²) >= 11 is 3.45. The lowest BCUT2D eigenvalue weighted by molar-refractivity contribution is 0.0919. The van der Waals surface area contributed by atoms with Gasteiger partial charge in [0.25, 0.3) is 5.91 Å². The zero-order valence-corrected chi connectivity index (χ0v) is 16.0. The summed E-state index contributed by atoms with van der Waals surface area (Å²) in [6.45, 7) is 2.29. The van der Waals surface area contributed by atoms with Gasteiger partial charge in [-0.25, -0.2) is 9.07 Å². The molecule has 0 fully saturated rings. The highest BCUT2D eigenvalue weighted by atomic mass is 79.9. The van der Waals surface area contributed by atoms with Crippen LogP contribution in [0.2, 0.25) is 0 Å². The quantitative estimate of drug-likeness (QED) is 0.687. The number of aromatic nitrogens is 3. The van der Waals surface area contributed by atoms with Gasteiger partial charge in [-0.15, -0.1) is 5.10 Å². The second-order valence-electron chi connectivity index (χ2n) is 6.26. The molecule has 4 rings (SSSR count). The van der Waals surface area contributed by atoms with Crippen LogP contribution in [0.3, 0.4) is 0 Å². The van der Waals surface area contributed by atoms with E-state index < -0.39 is 0 Å². The molecule has 2 heterocycles. The molecule has 1 unspecified atom stereocenters. The minimum Gasteiger partial charge on any atom is -0.493 e. The number of hydrogen-bond donors (Lipinski definition) is 1. The Labute approximate surface area is 163 Å². The van der Waals surface area contributed by atoms with Crippen molar-refractivity contribution >= 4 is 21.8 Å². The summed E-state index contributed by atoms with van der Waals surface area (Å²) in [5.74, 6) is 0.124. The van der Waals surface area contributed by atoms with Crippen molar-refractivity contribution in [3.05, 3.63) is 69.7 Å². The molecule has 0 saturated heterocycles. The van der Waals surface area contributed by atoms with Crippen molar-refractivity contribution in [2.24, 2.45) is 0 Å². The summed E-state index contributed by atoms with van der Waals surface area (Å²) in [5.41, 5.74) is 2.39. The Morgan fingerprint density at radius 3 is 2.85 bits per heavy atom. The molecule has 8 heteroatoms. The minimum absolute atomic E-state index is 0.172. The van der Waals surface area contributed by atoms with Crippen molar-refractivity contribution in [1.82, 2.24) is 20.3 Å². The van der Waals surface area contributed by atoms with Crippen molar-refractivity contribution < 1.29 is 13.9 Å². The molecule has 138 valence electrons. The lowest BCUT2D eigenvalue weighted by Crippen LogP contribution is -2.32. The van der Waals surface area contributed by atoms with E-state index in [2.05, 4.69) is 31.6 Å². The van der Waals surface area contributed by atoms with Crippen LogP contribution in [0.4, 0.5) is 4.39 Å². The van der Waals surface area contributed by atoms with Crippen molar-refractivity contribution in [2.45, 2.75) is 19.4 Å². The van der Waals surface area contributed by atoms with Crippen LogP contribution in [0.5, 0.6) is 5.75 Å². The van der Waals surface area contributed by atoms with Crippen LogP contribution < -0.4 is 10.1 Å². The second kappa shape index (κ2) is 7.11. The maximum atomic E-state index is 13.1. The number of halogens is 2. The van der Waals surface area contributed by atoms with Crippen molar-refractivity contribution in [1.29, 1.82) is 0 Å². The summed E-state index contributed by atoms with van der Waals surface area (Å²) in [5, 5.41) is 11.1. The van der Waals surface area contributed by atoms with E-state index in [0.717, 1.165) is 15.8 Å². The SMILES string of the molecule is Cc1c(C(=O)NC2CCOc3ccc(Br)cc32)nnn1-c1ccc(F)cc1. The largest absolute Gasteiger partial charge is 0.493 e. The van der Waals surface area contributed by atoms with Gasteiger partial charge in [0.1, 0.15) is 11.6 Å². The molecule has 0 radical (unpaired) electrons. The lowest BCUT2D eigenvalue weighted by Gasteiger charge is -2.26. The van der Waals surface area contributed by atoms with Gasteiger partial charge in [-0.05, 0) is 49.4 Å². The fraction of sp³-hybridized carbons (Fsp3) is 0.211. The first-order valence-electron chi connectivity index (χ1n) is 8.44. The molecule has 1 aromatic heterocycles. The molecule has 0 bridgehead atoms. The Morgan fingerprint density at radius 2 is 2.07 bits per heavy atom. The topological polar surface area (TPSA) is 69.0 Å². The highest BCUT2D eigenvalue weighted by Gasteiger charge is 2.26. The van der Waals surface area contributed by atoms with Crippen molar-refractivity contribution in [3.63, 3.8) is 0 Å². The van der Waals surface area contributed by atoms with Crippen molar-refractivity contribution in [2.75, 3.05) is 6.61 Å². The maximum Gasteiger partial charge on any atom is 0.274 e. The van der Waals surface area contributed by atoms with E-state index in [9.17, 15) is 9.18 Å². The molecule has 1 N–H and O–H groups in total. The first-order valence-corrected chi connectivity index (χ1v) is 9.23. The minimum atomic E-state index is -0.334. The van der Waals surface area contributed by atoms with Gasteiger partial charge in [0.15, 0.2) is 5.69 Å². The van der Waals surface area contributed by atoms with Crippen LogP contribution in [0.1, 0.15) is 34.2 Å². The number of benzene rings is 2. The van der Waals surface area contributed by atoms with E-state index in [1.54, 1.807) is 19.1 Å². The Morgan fingerprint density at radius 1 is 1.30 bits per heavy atom. The molecule has 0 spiro atoms. The molecule has 3 aromatic rings. The molecule has 1 aliphatic heterocycles. The number of ether oxygens (including phenoxy) is 1. The first-order chi connectivity index (χ1) is 13.0. The van der Waals surface area contributed by atoms with Gasteiger partial charge in [-0.3, -0.25) is 4.79 Å². The molecule has 1 atom stereocenters. The van der Waals surface area contributed by atoms with Crippen LogP contribution in [-0.4, -0.2) is 27.5 Å². The van der Waals surface area contributed by atoms with Crippen LogP contribution in [-0.2, 0) is 0 Å². The van der Waals surface area contributed by atoms with Gasteiger partial charge in [-0.1, -0.05) is 21.1 Å². The number of nitrogens with one attached hydrogen (secondary N) is 1. The first kappa shape index (κ1) is 17.7. The molecule has 0 saturated carbocycles. The monoisotopic (exact) mass is 430 g/mol. The maximum absolute atomic E-state index is 13.1. The third kappa shape index (κ3) is 3.44. The van der Waals surface area contributed by atoms with Crippen LogP contribution in [0.25, 0.3) is 5.69 Å². The number of carbonyl (C=O) groups excluding carboxylic acids is 1. The Hall–Kier alpha value is -2.74. The van der Waals surface area contributed by atoms with Crippen LogP contribution >= 0.6 is 15.9 Å². The fourth-order valence-corrected chi connectivity index (χ4v) is 3.49. The van der Waals surface area contributed by atoms with Crippen LogP contribution in [0, 0.1) is 12.7 Å². The van der Waals surface area contributed by atoms with Crippen molar-refractivity contribution in [3.8, 4) is 11.4 Å². The Balaban J connectivity index is 1.58. The number of fused-ring (bicyclic) bond motifs is 1. The summed E-state index contributed by atoms with van der Waals surface area (Å²) in [6.07, 6.45) is 0.667.